The molecule has 1 saturated carbocycles. The van der Waals surface area contributed by atoms with E-state index in [0.29, 0.717) is 19.1 Å². The van der Waals surface area contributed by atoms with Gasteiger partial charge < -0.3 is 19.7 Å². The number of pyridine rings is 2. The van der Waals surface area contributed by atoms with Crippen LogP contribution in [-0.4, -0.2) is 47.0 Å². The third-order valence-corrected chi connectivity index (χ3v) is 4.80. The lowest BCUT2D eigenvalue weighted by Gasteiger charge is -2.37. The van der Waals surface area contributed by atoms with Crippen molar-refractivity contribution in [1.82, 2.24) is 9.97 Å². The molecule has 1 amide bonds. The Morgan fingerprint density at radius 1 is 1.31 bits per heavy atom. The third kappa shape index (κ3) is 3.55. The lowest BCUT2D eigenvalue weighted by Crippen LogP contribution is -2.47. The van der Waals surface area contributed by atoms with Crippen molar-refractivity contribution >= 4 is 17.7 Å². The molecule has 26 heavy (non-hydrogen) atoms. The van der Waals surface area contributed by atoms with Crippen LogP contribution in [0.1, 0.15) is 12.8 Å². The molecule has 3 heterocycles. The predicted molar refractivity (Wildman–Crippen MR) is 96.6 cm³/mol. The van der Waals surface area contributed by atoms with Crippen molar-refractivity contribution in [3.8, 4) is 11.1 Å². The van der Waals surface area contributed by atoms with E-state index in [2.05, 4.69) is 20.2 Å². The van der Waals surface area contributed by atoms with Crippen LogP contribution in [0.25, 0.3) is 11.1 Å². The van der Waals surface area contributed by atoms with Gasteiger partial charge in [-0.2, -0.15) is 0 Å². The number of carboxylic acid groups (broad SMARTS) is 1. The molecule has 2 fully saturated rings. The van der Waals surface area contributed by atoms with Gasteiger partial charge in [0.15, 0.2) is 0 Å². The van der Waals surface area contributed by atoms with E-state index in [1.54, 1.807) is 12.1 Å². The van der Waals surface area contributed by atoms with E-state index in [4.69, 9.17) is 9.84 Å². The topological polar surface area (TPSA) is 108 Å². The van der Waals surface area contributed by atoms with Crippen molar-refractivity contribution in [2.24, 2.45) is 5.92 Å². The van der Waals surface area contributed by atoms with Crippen LogP contribution >= 0.6 is 0 Å². The van der Waals surface area contributed by atoms with E-state index in [9.17, 15) is 9.59 Å². The molecule has 1 saturated heterocycles. The van der Waals surface area contributed by atoms with Gasteiger partial charge in [-0.1, -0.05) is 0 Å². The number of aromatic amines is 1. The summed E-state index contributed by atoms with van der Waals surface area (Å²) >= 11 is 0. The molecule has 136 valence electrons. The fraction of sp³-hybridized carbons (Fsp3) is 0.389. The second kappa shape index (κ2) is 6.80. The highest BCUT2D eigenvalue weighted by Gasteiger charge is 2.37. The highest BCUT2D eigenvalue weighted by Crippen LogP contribution is 2.38. The van der Waals surface area contributed by atoms with Crippen LogP contribution in [-0.2, 0) is 4.74 Å². The van der Waals surface area contributed by atoms with Crippen LogP contribution in [0.2, 0.25) is 0 Å². The Morgan fingerprint density at radius 3 is 2.92 bits per heavy atom. The van der Waals surface area contributed by atoms with Crippen molar-refractivity contribution in [1.29, 1.82) is 0 Å². The number of hydrogen-bond donors (Lipinski definition) is 3. The predicted octanol–water partition coefficient (Wildman–Crippen LogP) is 2.14. The standard InChI is InChI=1S/C18H20N4O4/c23-17-9-13(12-3-4-19-15(7-12)20-18(24)25)8-16(21-17)22-5-6-26-10-14(22)11-1-2-11/h3-4,7-9,11,14H,1-2,5-6,10H2,(H,19,20)(H,21,23)(H,24,25). The minimum absolute atomic E-state index is 0.192. The van der Waals surface area contributed by atoms with Gasteiger partial charge in [-0.3, -0.25) is 10.1 Å². The van der Waals surface area contributed by atoms with Gasteiger partial charge in [-0.25, -0.2) is 9.78 Å². The molecule has 0 aromatic carbocycles. The van der Waals surface area contributed by atoms with E-state index < -0.39 is 6.09 Å². The quantitative estimate of drug-likeness (QED) is 0.775. The van der Waals surface area contributed by atoms with Gasteiger partial charge in [0, 0.05) is 18.8 Å². The molecular formula is C18H20N4O4. The summed E-state index contributed by atoms with van der Waals surface area (Å²) in [5, 5.41) is 11.1. The fourth-order valence-corrected chi connectivity index (χ4v) is 3.43. The van der Waals surface area contributed by atoms with Gasteiger partial charge in [-0.05, 0) is 48.1 Å². The highest BCUT2D eigenvalue weighted by atomic mass is 16.5. The number of hydrogen-bond acceptors (Lipinski definition) is 5. The number of ether oxygens (including phenoxy) is 1. The molecule has 8 nitrogen and oxygen atoms in total. The van der Waals surface area contributed by atoms with Crippen LogP contribution in [0, 0.1) is 5.92 Å². The van der Waals surface area contributed by atoms with Crippen LogP contribution in [0.4, 0.5) is 16.4 Å². The summed E-state index contributed by atoms with van der Waals surface area (Å²) < 4.78 is 5.63. The Balaban J connectivity index is 1.68. The fourth-order valence-electron chi connectivity index (χ4n) is 3.43. The summed E-state index contributed by atoms with van der Waals surface area (Å²) in [6, 6.07) is 7.10. The molecule has 8 heteroatoms. The zero-order valence-electron chi connectivity index (χ0n) is 14.1. The summed E-state index contributed by atoms with van der Waals surface area (Å²) in [7, 11) is 0. The lowest BCUT2D eigenvalue weighted by atomic mass is 10.1. The molecule has 1 aliphatic heterocycles. The minimum atomic E-state index is -1.18. The van der Waals surface area contributed by atoms with Gasteiger partial charge in [-0.15, -0.1) is 0 Å². The molecule has 1 unspecified atom stereocenters. The summed E-state index contributed by atoms with van der Waals surface area (Å²) in [6.07, 6.45) is 2.73. The molecule has 0 spiro atoms. The number of morpholine rings is 1. The first kappa shape index (κ1) is 16.6. The normalized spacial score (nSPS) is 20.0. The molecule has 4 rings (SSSR count). The maximum absolute atomic E-state index is 12.2. The molecule has 2 aromatic rings. The van der Waals surface area contributed by atoms with Crippen LogP contribution < -0.4 is 15.8 Å². The second-order valence-corrected chi connectivity index (χ2v) is 6.65. The zero-order chi connectivity index (χ0) is 18.1. The summed E-state index contributed by atoms with van der Waals surface area (Å²) in [6.45, 7) is 2.05. The number of H-pyrrole nitrogens is 1. The molecule has 1 aliphatic carbocycles. The molecule has 2 aromatic heterocycles. The first-order valence-electron chi connectivity index (χ1n) is 8.65. The first-order valence-corrected chi connectivity index (χ1v) is 8.65. The van der Waals surface area contributed by atoms with Gasteiger partial charge >= 0.3 is 6.09 Å². The summed E-state index contributed by atoms with van der Waals surface area (Å²) in [4.78, 5) is 32.2. The van der Waals surface area contributed by atoms with Crippen molar-refractivity contribution in [2.45, 2.75) is 18.9 Å². The average molecular weight is 356 g/mol. The maximum Gasteiger partial charge on any atom is 0.410 e. The first-order chi connectivity index (χ1) is 12.6. The molecular weight excluding hydrogens is 336 g/mol. The Morgan fingerprint density at radius 2 is 2.15 bits per heavy atom. The summed E-state index contributed by atoms with van der Waals surface area (Å²) in [5.41, 5.74) is 1.26. The Bertz CT molecular complexity index is 877. The van der Waals surface area contributed by atoms with Crippen molar-refractivity contribution < 1.29 is 14.6 Å². The van der Waals surface area contributed by atoms with Crippen LogP contribution in [0.3, 0.4) is 0 Å². The second-order valence-electron chi connectivity index (χ2n) is 6.65. The van der Waals surface area contributed by atoms with Crippen molar-refractivity contribution in [2.75, 3.05) is 30.0 Å². The highest BCUT2D eigenvalue weighted by molar-refractivity contribution is 5.82. The minimum Gasteiger partial charge on any atom is -0.465 e. The van der Waals surface area contributed by atoms with Crippen molar-refractivity contribution in [3.63, 3.8) is 0 Å². The van der Waals surface area contributed by atoms with Crippen molar-refractivity contribution in [3.05, 3.63) is 40.8 Å². The molecule has 0 radical (unpaired) electrons. The lowest BCUT2D eigenvalue weighted by molar-refractivity contribution is 0.0874. The number of anilines is 2. The van der Waals surface area contributed by atoms with E-state index >= 15 is 0 Å². The largest absolute Gasteiger partial charge is 0.465 e. The summed E-state index contributed by atoms with van der Waals surface area (Å²) in [5.74, 6) is 1.62. The number of amides is 1. The van der Waals surface area contributed by atoms with Crippen LogP contribution in [0.5, 0.6) is 0 Å². The Kier molecular flexibility index (Phi) is 4.34. The van der Waals surface area contributed by atoms with E-state index in [-0.39, 0.29) is 17.4 Å². The number of aromatic nitrogens is 2. The zero-order valence-corrected chi connectivity index (χ0v) is 14.1. The van der Waals surface area contributed by atoms with Gasteiger partial charge in [0.1, 0.15) is 11.6 Å². The van der Waals surface area contributed by atoms with Gasteiger partial charge in [0.25, 0.3) is 0 Å². The van der Waals surface area contributed by atoms with Gasteiger partial charge in [0.2, 0.25) is 5.56 Å². The Labute approximate surface area is 149 Å². The number of nitrogens with one attached hydrogen (secondary N) is 2. The average Bonchev–Trinajstić information content (AvgIpc) is 3.46. The number of rotatable bonds is 4. The molecule has 0 bridgehead atoms. The molecule has 1 atom stereocenters. The number of nitrogens with zero attached hydrogens (tertiary/aromatic N) is 2. The number of carbonyl (C=O) groups is 1. The molecule has 2 aliphatic rings. The van der Waals surface area contributed by atoms with Gasteiger partial charge in [0.05, 0.1) is 19.3 Å². The Hall–Kier alpha value is -2.87. The molecule has 3 N–H and O–H groups in total. The monoisotopic (exact) mass is 356 g/mol. The maximum atomic E-state index is 12.2. The van der Waals surface area contributed by atoms with E-state index in [1.165, 1.54) is 25.1 Å². The van der Waals surface area contributed by atoms with Crippen LogP contribution in [0.15, 0.2) is 35.3 Å². The smallest absolute Gasteiger partial charge is 0.410 e. The SMILES string of the molecule is O=C(O)Nc1cc(-c2cc(N3CCOCC3C3CC3)[nH]c(=O)c2)ccn1. The van der Waals surface area contributed by atoms with E-state index in [1.807, 2.05) is 6.07 Å². The third-order valence-electron chi connectivity index (χ3n) is 4.80. The van der Waals surface area contributed by atoms with E-state index in [0.717, 1.165) is 23.5 Å².